The van der Waals surface area contributed by atoms with Gasteiger partial charge in [-0.3, -0.25) is 0 Å². The lowest BCUT2D eigenvalue weighted by Gasteiger charge is -2.46. The SMILES string of the molecule is CCOC(=O)OCC1OC(c2ccc(F)c(Cc3ccc(OC)cc3)c2)C(OCc2ccccc2)C(OCc2ccccc2)C1(F)F. The molecule has 10 heteroatoms. The number of carbonyl (C=O) groups excluding carboxylic acids is 1. The molecule has 0 radical (unpaired) electrons. The maximum atomic E-state index is 16.4. The van der Waals surface area contributed by atoms with Crippen molar-refractivity contribution in [3.8, 4) is 5.75 Å². The number of benzene rings is 4. The Morgan fingerprint density at radius 3 is 2.06 bits per heavy atom. The average molecular weight is 651 g/mol. The highest BCUT2D eigenvalue weighted by molar-refractivity contribution is 5.59. The highest BCUT2D eigenvalue weighted by Crippen LogP contribution is 2.45. The van der Waals surface area contributed by atoms with Gasteiger partial charge in [0.15, 0.2) is 12.2 Å². The molecule has 1 fully saturated rings. The molecule has 0 saturated carbocycles. The maximum Gasteiger partial charge on any atom is 0.508 e. The van der Waals surface area contributed by atoms with Crippen LogP contribution in [0.5, 0.6) is 5.75 Å². The third-order valence-corrected chi connectivity index (χ3v) is 7.84. The fourth-order valence-corrected chi connectivity index (χ4v) is 5.41. The van der Waals surface area contributed by atoms with E-state index in [0.29, 0.717) is 22.4 Å². The van der Waals surface area contributed by atoms with E-state index in [1.165, 1.54) is 12.1 Å². The average Bonchev–Trinajstić information content (AvgIpc) is 3.08. The summed E-state index contributed by atoms with van der Waals surface area (Å²) in [6.07, 6.45) is -7.13. The first-order valence-corrected chi connectivity index (χ1v) is 15.3. The Balaban J connectivity index is 1.51. The minimum absolute atomic E-state index is 0.00807. The highest BCUT2D eigenvalue weighted by Gasteiger charge is 2.60. The molecular formula is C37H37F3O7. The zero-order valence-electron chi connectivity index (χ0n) is 26.2. The zero-order valence-corrected chi connectivity index (χ0v) is 26.2. The minimum atomic E-state index is -3.68. The normalized spacial score (nSPS) is 20.4. The van der Waals surface area contributed by atoms with Crippen LogP contribution >= 0.6 is 0 Å². The van der Waals surface area contributed by atoms with Gasteiger partial charge in [0.1, 0.15) is 30.4 Å². The third-order valence-electron chi connectivity index (χ3n) is 7.84. The molecule has 1 aliphatic rings. The minimum Gasteiger partial charge on any atom is -0.497 e. The summed E-state index contributed by atoms with van der Waals surface area (Å²) in [5, 5.41) is 0. The van der Waals surface area contributed by atoms with Gasteiger partial charge in [0, 0.05) is 6.42 Å². The molecule has 7 nitrogen and oxygen atoms in total. The van der Waals surface area contributed by atoms with E-state index in [-0.39, 0.29) is 26.2 Å². The molecule has 1 aliphatic heterocycles. The molecule has 1 saturated heterocycles. The molecule has 4 aromatic carbocycles. The number of rotatable bonds is 13. The molecule has 0 spiro atoms. The van der Waals surface area contributed by atoms with Crippen LogP contribution in [0, 0.1) is 5.82 Å². The van der Waals surface area contributed by atoms with E-state index in [4.69, 9.17) is 28.4 Å². The van der Waals surface area contributed by atoms with Gasteiger partial charge in [-0.05, 0) is 59.0 Å². The van der Waals surface area contributed by atoms with Crippen LogP contribution in [0.4, 0.5) is 18.0 Å². The molecule has 47 heavy (non-hydrogen) atoms. The summed E-state index contributed by atoms with van der Waals surface area (Å²) in [7, 11) is 1.56. The molecule has 4 aromatic rings. The number of alkyl halides is 2. The molecule has 0 aliphatic carbocycles. The van der Waals surface area contributed by atoms with Crippen LogP contribution in [0.3, 0.4) is 0 Å². The Morgan fingerprint density at radius 1 is 0.809 bits per heavy atom. The monoisotopic (exact) mass is 650 g/mol. The molecule has 4 atom stereocenters. The van der Waals surface area contributed by atoms with Gasteiger partial charge in [0.05, 0.1) is 26.9 Å². The molecule has 0 N–H and O–H groups in total. The lowest BCUT2D eigenvalue weighted by Crippen LogP contribution is -2.61. The van der Waals surface area contributed by atoms with E-state index in [1.807, 2.05) is 48.5 Å². The van der Waals surface area contributed by atoms with Crippen molar-refractivity contribution in [1.82, 2.24) is 0 Å². The number of carbonyl (C=O) groups is 1. The topological polar surface area (TPSA) is 72.5 Å². The Kier molecular flexibility index (Phi) is 11.5. The van der Waals surface area contributed by atoms with E-state index < -0.39 is 48.9 Å². The standard InChI is InChI=1S/C37H37F3O7/c1-3-43-36(41)46-24-32-37(39,40)35(45-23-27-12-8-5-9-13-27)34(44-22-26-10-6-4-7-11-26)33(47-32)28-16-19-31(38)29(21-28)20-25-14-17-30(42-2)18-15-25/h4-19,21,32-35H,3,20,22-24H2,1-2H3. The second-order valence-corrected chi connectivity index (χ2v) is 11.1. The number of halogens is 3. The van der Waals surface area contributed by atoms with Crippen molar-refractivity contribution in [2.24, 2.45) is 0 Å². The van der Waals surface area contributed by atoms with Crippen molar-refractivity contribution in [2.75, 3.05) is 20.3 Å². The maximum absolute atomic E-state index is 16.4. The lowest BCUT2D eigenvalue weighted by atomic mass is 9.88. The first kappa shape index (κ1) is 34.0. The quantitative estimate of drug-likeness (QED) is 0.137. The summed E-state index contributed by atoms with van der Waals surface area (Å²) in [6, 6.07) is 29.6. The van der Waals surface area contributed by atoms with Crippen LogP contribution < -0.4 is 4.74 Å². The van der Waals surface area contributed by atoms with Crippen molar-refractivity contribution in [3.05, 3.63) is 137 Å². The van der Waals surface area contributed by atoms with Gasteiger partial charge in [0.2, 0.25) is 0 Å². The Hall–Kier alpha value is -4.38. The number of hydrogen-bond acceptors (Lipinski definition) is 7. The van der Waals surface area contributed by atoms with Crippen molar-refractivity contribution in [1.29, 1.82) is 0 Å². The van der Waals surface area contributed by atoms with Gasteiger partial charge in [-0.2, -0.15) is 0 Å². The molecule has 4 unspecified atom stereocenters. The van der Waals surface area contributed by atoms with Crippen LogP contribution in [-0.4, -0.2) is 50.7 Å². The molecule has 5 rings (SSSR count). The molecule has 0 aromatic heterocycles. The van der Waals surface area contributed by atoms with Gasteiger partial charge >= 0.3 is 12.1 Å². The number of ether oxygens (including phenoxy) is 6. The largest absolute Gasteiger partial charge is 0.508 e. The third kappa shape index (κ3) is 8.71. The smallest absolute Gasteiger partial charge is 0.497 e. The summed E-state index contributed by atoms with van der Waals surface area (Å²) < 4.78 is 81.3. The zero-order chi connectivity index (χ0) is 33.2. The molecular weight excluding hydrogens is 613 g/mol. The molecule has 1 heterocycles. The number of hydrogen-bond donors (Lipinski definition) is 0. The summed E-state index contributed by atoms with van der Waals surface area (Å²) >= 11 is 0. The van der Waals surface area contributed by atoms with E-state index in [2.05, 4.69) is 0 Å². The van der Waals surface area contributed by atoms with Crippen LogP contribution in [0.25, 0.3) is 0 Å². The van der Waals surface area contributed by atoms with Crippen LogP contribution in [0.2, 0.25) is 0 Å². The van der Waals surface area contributed by atoms with Crippen molar-refractivity contribution >= 4 is 6.16 Å². The van der Waals surface area contributed by atoms with Crippen LogP contribution in [0.15, 0.2) is 103 Å². The van der Waals surface area contributed by atoms with E-state index in [0.717, 1.165) is 11.1 Å². The fourth-order valence-electron chi connectivity index (χ4n) is 5.41. The summed E-state index contributed by atoms with van der Waals surface area (Å²) in [5.74, 6) is -3.48. The predicted molar refractivity (Wildman–Crippen MR) is 168 cm³/mol. The second-order valence-electron chi connectivity index (χ2n) is 11.1. The van der Waals surface area contributed by atoms with Crippen molar-refractivity contribution < 1.29 is 46.4 Å². The van der Waals surface area contributed by atoms with Crippen LogP contribution in [0.1, 0.15) is 40.8 Å². The molecule has 0 amide bonds. The summed E-state index contributed by atoms with van der Waals surface area (Å²) in [5.41, 5.74) is 2.98. The Bertz CT molecular complexity index is 1570. The lowest BCUT2D eigenvalue weighted by molar-refractivity contribution is -0.317. The second kappa shape index (κ2) is 15.9. The van der Waals surface area contributed by atoms with Gasteiger partial charge in [0.25, 0.3) is 0 Å². The van der Waals surface area contributed by atoms with Crippen LogP contribution in [-0.2, 0) is 43.3 Å². The highest BCUT2D eigenvalue weighted by atomic mass is 19.3. The van der Waals surface area contributed by atoms with Gasteiger partial charge < -0.3 is 28.4 Å². The van der Waals surface area contributed by atoms with Crippen molar-refractivity contribution in [3.63, 3.8) is 0 Å². The Morgan fingerprint density at radius 2 is 1.45 bits per heavy atom. The van der Waals surface area contributed by atoms with Crippen molar-refractivity contribution in [2.45, 2.75) is 56.9 Å². The van der Waals surface area contributed by atoms with Gasteiger partial charge in [-0.15, -0.1) is 0 Å². The summed E-state index contributed by atoms with van der Waals surface area (Å²) in [4.78, 5) is 12.0. The number of methoxy groups -OCH3 is 1. The van der Waals surface area contributed by atoms with E-state index in [1.54, 1.807) is 56.5 Å². The Labute approximate surface area is 272 Å². The predicted octanol–water partition coefficient (Wildman–Crippen LogP) is 7.84. The van der Waals surface area contributed by atoms with E-state index in [9.17, 15) is 4.79 Å². The first-order valence-electron chi connectivity index (χ1n) is 15.3. The molecule has 0 bridgehead atoms. The fraction of sp³-hybridized carbons (Fsp3) is 0.324. The van der Waals surface area contributed by atoms with Gasteiger partial charge in [-0.1, -0.05) is 78.9 Å². The first-order chi connectivity index (χ1) is 22.8. The molecule has 248 valence electrons. The summed E-state index contributed by atoms with van der Waals surface area (Å²) in [6.45, 7) is 0.614. The van der Waals surface area contributed by atoms with E-state index >= 15 is 13.2 Å². The van der Waals surface area contributed by atoms with Gasteiger partial charge in [-0.25, -0.2) is 18.0 Å².